The summed E-state index contributed by atoms with van der Waals surface area (Å²) in [5.74, 6) is -0.284. The molecule has 0 aromatic heterocycles. The van der Waals surface area contributed by atoms with Gasteiger partial charge in [-0.25, -0.2) is 4.79 Å². The van der Waals surface area contributed by atoms with Crippen LogP contribution in [0.3, 0.4) is 0 Å². The van der Waals surface area contributed by atoms with E-state index in [4.69, 9.17) is 4.74 Å². The van der Waals surface area contributed by atoms with Crippen molar-refractivity contribution in [3.05, 3.63) is 76.4 Å². The van der Waals surface area contributed by atoms with Gasteiger partial charge in [0.2, 0.25) is 0 Å². The number of hydrogen-bond acceptors (Lipinski definition) is 2. The molecule has 2 aromatic carbocycles. The van der Waals surface area contributed by atoms with Gasteiger partial charge in [0.05, 0.1) is 12.2 Å². The zero-order chi connectivity index (χ0) is 20.7. The van der Waals surface area contributed by atoms with Crippen molar-refractivity contribution in [2.24, 2.45) is 0 Å². The van der Waals surface area contributed by atoms with Gasteiger partial charge < -0.3 is 4.74 Å². The van der Waals surface area contributed by atoms with Gasteiger partial charge in [0.25, 0.3) is 0 Å². The molecule has 0 spiro atoms. The lowest BCUT2D eigenvalue weighted by molar-refractivity contribution is 0.0526. The van der Waals surface area contributed by atoms with Crippen LogP contribution in [0.5, 0.6) is 0 Å². The van der Waals surface area contributed by atoms with E-state index in [9.17, 15) is 4.79 Å². The molecule has 0 aliphatic heterocycles. The Morgan fingerprint density at radius 2 is 1.46 bits per heavy atom. The fourth-order valence-corrected chi connectivity index (χ4v) is 4.22. The van der Waals surface area contributed by atoms with Crippen molar-refractivity contribution in [2.75, 3.05) is 6.61 Å². The number of fused-ring (bicyclic) bond motifs is 1. The van der Waals surface area contributed by atoms with Crippen LogP contribution in [0.1, 0.15) is 85.6 Å². The molecule has 148 valence electrons. The lowest BCUT2D eigenvalue weighted by Gasteiger charge is -2.42. The predicted molar refractivity (Wildman–Crippen MR) is 117 cm³/mol. The highest BCUT2D eigenvalue weighted by Crippen LogP contribution is 2.47. The fraction of sp³-hybridized carbons (Fsp3) is 0.423. The minimum atomic E-state index is -0.284. The largest absolute Gasteiger partial charge is 0.462 e. The quantitative estimate of drug-likeness (QED) is 0.563. The van der Waals surface area contributed by atoms with Crippen LogP contribution in [0, 0.1) is 6.92 Å². The molecule has 2 nitrogen and oxygen atoms in total. The van der Waals surface area contributed by atoms with Crippen LogP contribution < -0.4 is 0 Å². The third-order valence-electron chi connectivity index (χ3n) is 6.27. The van der Waals surface area contributed by atoms with Crippen molar-refractivity contribution in [2.45, 2.75) is 65.2 Å². The molecule has 0 N–H and O–H groups in total. The number of aryl methyl sites for hydroxylation is 1. The van der Waals surface area contributed by atoms with Crippen LogP contribution in [0.15, 0.2) is 43.0 Å². The minimum Gasteiger partial charge on any atom is -0.462 e. The molecule has 2 heteroatoms. The normalized spacial score (nSPS) is 16.9. The predicted octanol–water partition coefficient (Wildman–Crippen LogP) is 6.58. The number of esters is 1. The second-order valence-electron chi connectivity index (χ2n) is 9.26. The van der Waals surface area contributed by atoms with Gasteiger partial charge in [-0.15, -0.1) is 0 Å². The Kier molecular flexibility index (Phi) is 5.27. The van der Waals surface area contributed by atoms with Crippen LogP contribution in [0.4, 0.5) is 0 Å². The lowest BCUT2D eigenvalue weighted by atomic mass is 9.62. The van der Waals surface area contributed by atoms with Gasteiger partial charge in [-0.1, -0.05) is 58.5 Å². The summed E-state index contributed by atoms with van der Waals surface area (Å²) in [5, 5.41) is 0. The number of rotatable bonds is 4. The summed E-state index contributed by atoms with van der Waals surface area (Å²) in [7, 11) is 0. The Bertz CT molecular complexity index is 914. The Labute approximate surface area is 169 Å². The standard InChI is InChI=1S/C26H32O2/c1-8-28-24(27)20-11-9-19(10-12-20)18(3)21-16-23-22(15-17(21)2)25(4,5)13-14-26(23,6)7/h9-12,15-16H,3,8,13-14H2,1-2,4-7H3. The zero-order valence-corrected chi connectivity index (χ0v) is 18.1. The van der Waals surface area contributed by atoms with E-state index in [2.05, 4.69) is 53.3 Å². The molecular formula is C26H32O2. The Balaban J connectivity index is 2.00. The van der Waals surface area contributed by atoms with Gasteiger partial charge in [-0.2, -0.15) is 0 Å². The first-order valence-electron chi connectivity index (χ1n) is 10.2. The summed E-state index contributed by atoms with van der Waals surface area (Å²) >= 11 is 0. The Morgan fingerprint density at radius 1 is 0.964 bits per heavy atom. The first-order chi connectivity index (χ1) is 13.1. The van der Waals surface area contributed by atoms with Crippen LogP contribution in [-0.4, -0.2) is 12.6 Å². The molecule has 2 aromatic rings. The van der Waals surface area contributed by atoms with E-state index in [1.54, 1.807) is 0 Å². The number of ether oxygens (including phenoxy) is 1. The van der Waals surface area contributed by atoms with Crippen molar-refractivity contribution < 1.29 is 9.53 Å². The molecule has 0 heterocycles. The van der Waals surface area contributed by atoms with E-state index in [1.807, 2.05) is 31.2 Å². The van der Waals surface area contributed by atoms with Crippen molar-refractivity contribution in [3.63, 3.8) is 0 Å². The molecule has 0 atom stereocenters. The third kappa shape index (κ3) is 3.65. The summed E-state index contributed by atoms with van der Waals surface area (Å²) in [6, 6.07) is 12.3. The van der Waals surface area contributed by atoms with E-state index in [0.717, 1.165) is 11.1 Å². The van der Waals surface area contributed by atoms with E-state index < -0.39 is 0 Å². The third-order valence-corrected chi connectivity index (χ3v) is 6.27. The van der Waals surface area contributed by atoms with Crippen molar-refractivity contribution in [3.8, 4) is 0 Å². The molecule has 0 saturated carbocycles. The van der Waals surface area contributed by atoms with E-state index in [-0.39, 0.29) is 16.8 Å². The smallest absolute Gasteiger partial charge is 0.338 e. The Morgan fingerprint density at radius 3 is 2.00 bits per heavy atom. The van der Waals surface area contributed by atoms with Gasteiger partial charge >= 0.3 is 5.97 Å². The summed E-state index contributed by atoms with van der Waals surface area (Å²) in [6.45, 7) is 18.1. The van der Waals surface area contributed by atoms with E-state index >= 15 is 0 Å². The number of carbonyl (C=O) groups is 1. The molecule has 28 heavy (non-hydrogen) atoms. The van der Waals surface area contributed by atoms with Gasteiger partial charge in [-0.05, 0) is 83.0 Å². The average Bonchev–Trinajstić information content (AvgIpc) is 2.65. The van der Waals surface area contributed by atoms with Gasteiger partial charge in [-0.3, -0.25) is 0 Å². The fourth-order valence-electron chi connectivity index (χ4n) is 4.22. The Hall–Kier alpha value is -2.35. The molecule has 0 unspecified atom stereocenters. The minimum absolute atomic E-state index is 0.168. The molecule has 1 aliphatic rings. The second-order valence-corrected chi connectivity index (χ2v) is 9.26. The first-order valence-corrected chi connectivity index (χ1v) is 10.2. The lowest BCUT2D eigenvalue weighted by Crippen LogP contribution is -2.34. The zero-order valence-electron chi connectivity index (χ0n) is 18.1. The van der Waals surface area contributed by atoms with Crippen molar-refractivity contribution in [1.82, 2.24) is 0 Å². The van der Waals surface area contributed by atoms with Crippen LogP contribution in [0.2, 0.25) is 0 Å². The second kappa shape index (κ2) is 7.24. The number of carbonyl (C=O) groups excluding carboxylic acids is 1. The SMILES string of the molecule is C=C(c1ccc(C(=O)OCC)cc1)c1cc2c(cc1C)C(C)(C)CCC2(C)C. The summed E-state index contributed by atoms with van der Waals surface area (Å²) in [4.78, 5) is 11.9. The summed E-state index contributed by atoms with van der Waals surface area (Å²) in [5.41, 5.74) is 8.32. The molecule has 3 rings (SSSR count). The monoisotopic (exact) mass is 376 g/mol. The average molecular weight is 377 g/mol. The molecule has 0 bridgehead atoms. The first kappa shape index (κ1) is 20.4. The van der Waals surface area contributed by atoms with Crippen molar-refractivity contribution in [1.29, 1.82) is 0 Å². The number of benzene rings is 2. The van der Waals surface area contributed by atoms with Gasteiger partial charge in [0, 0.05) is 0 Å². The summed E-state index contributed by atoms with van der Waals surface area (Å²) < 4.78 is 5.08. The maximum absolute atomic E-state index is 11.9. The molecule has 0 radical (unpaired) electrons. The summed E-state index contributed by atoms with van der Waals surface area (Å²) in [6.07, 6.45) is 2.40. The van der Waals surface area contributed by atoms with Crippen molar-refractivity contribution >= 4 is 11.5 Å². The van der Waals surface area contributed by atoms with Gasteiger partial charge in [0.1, 0.15) is 0 Å². The van der Waals surface area contributed by atoms with Crippen LogP contribution in [-0.2, 0) is 15.6 Å². The maximum Gasteiger partial charge on any atom is 0.338 e. The highest BCUT2D eigenvalue weighted by Gasteiger charge is 2.37. The molecule has 1 aliphatic carbocycles. The molecule has 0 saturated heterocycles. The topological polar surface area (TPSA) is 26.3 Å². The van der Waals surface area contributed by atoms with E-state index in [1.165, 1.54) is 35.1 Å². The van der Waals surface area contributed by atoms with E-state index in [0.29, 0.717) is 12.2 Å². The molecular weight excluding hydrogens is 344 g/mol. The highest BCUT2D eigenvalue weighted by atomic mass is 16.5. The number of hydrogen-bond donors (Lipinski definition) is 0. The highest BCUT2D eigenvalue weighted by molar-refractivity contribution is 5.90. The molecule has 0 fully saturated rings. The van der Waals surface area contributed by atoms with Crippen LogP contribution in [0.25, 0.3) is 5.57 Å². The van der Waals surface area contributed by atoms with Crippen LogP contribution >= 0.6 is 0 Å². The maximum atomic E-state index is 11.9. The van der Waals surface area contributed by atoms with Gasteiger partial charge in [0.15, 0.2) is 0 Å². The molecule has 0 amide bonds.